The van der Waals surface area contributed by atoms with Gasteiger partial charge in [0, 0.05) is 0 Å². The molecular formula is C15H26Cl2Zr. The molecule has 0 fully saturated rings. The van der Waals surface area contributed by atoms with E-state index in [1.165, 1.54) is 38.5 Å². The maximum atomic E-state index is 4.93. The van der Waals surface area contributed by atoms with E-state index < -0.39 is 20.8 Å². The topological polar surface area (TPSA) is 0 Å². The summed E-state index contributed by atoms with van der Waals surface area (Å²) in [5.74, 6) is 0.725. The first-order valence-corrected chi connectivity index (χ1v) is 13.3. The van der Waals surface area contributed by atoms with E-state index in [0.29, 0.717) is 0 Å². The molecule has 0 amide bonds. The zero-order chi connectivity index (χ0) is 14.0. The van der Waals surface area contributed by atoms with E-state index in [0.717, 1.165) is 5.92 Å². The predicted molar refractivity (Wildman–Crippen MR) is 80.7 cm³/mol. The van der Waals surface area contributed by atoms with Gasteiger partial charge in [0.1, 0.15) is 0 Å². The summed E-state index contributed by atoms with van der Waals surface area (Å²) < 4.78 is 0. The second-order valence-electron chi connectivity index (χ2n) is 4.93. The Hall–Kier alpha value is 0.943. The van der Waals surface area contributed by atoms with Crippen molar-refractivity contribution in [3.8, 4) is 0 Å². The Labute approximate surface area is 132 Å². The van der Waals surface area contributed by atoms with Gasteiger partial charge in [-0.15, -0.1) is 0 Å². The van der Waals surface area contributed by atoms with Crippen molar-refractivity contribution < 1.29 is 20.8 Å². The van der Waals surface area contributed by atoms with E-state index in [-0.39, 0.29) is 0 Å². The van der Waals surface area contributed by atoms with Crippen molar-refractivity contribution in [1.29, 1.82) is 0 Å². The van der Waals surface area contributed by atoms with Gasteiger partial charge in [0.25, 0.3) is 0 Å². The van der Waals surface area contributed by atoms with Crippen LogP contribution in [0.3, 0.4) is 0 Å². The normalized spacial score (nSPS) is 18.3. The number of hydrogen-bond acceptors (Lipinski definition) is 0. The monoisotopic (exact) mass is 366 g/mol. The molecule has 3 heteroatoms. The van der Waals surface area contributed by atoms with Gasteiger partial charge in [-0.1, -0.05) is 50.8 Å². The van der Waals surface area contributed by atoms with Gasteiger partial charge >= 0.3 is 37.9 Å². The van der Waals surface area contributed by atoms with Crippen LogP contribution in [0, 0.1) is 5.92 Å². The van der Waals surface area contributed by atoms with E-state index in [9.17, 15) is 0 Å². The van der Waals surface area contributed by atoms with E-state index in [1.54, 1.807) is 16.7 Å². The molecule has 0 aliphatic heterocycles. The third kappa shape index (κ3) is 6.92. The van der Waals surface area contributed by atoms with E-state index in [1.807, 2.05) is 0 Å². The molecule has 0 N–H and O–H groups in total. The Morgan fingerprint density at radius 1 is 1.11 bits per heavy atom. The molecule has 0 heterocycles. The number of allylic oxidation sites excluding steroid dienone is 4. The summed E-state index contributed by atoms with van der Waals surface area (Å²) >= 11 is -0.826. The average Bonchev–Trinajstić information content (AvgIpc) is 2.62. The summed E-state index contributed by atoms with van der Waals surface area (Å²) in [6.45, 7) is 9.25. The van der Waals surface area contributed by atoms with Gasteiger partial charge in [-0.25, -0.2) is 0 Å². The quantitative estimate of drug-likeness (QED) is 0.493. The molecule has 18 heavy (non-hydrogen) atoms. The molecule has 0 radical (unpaired) electrons. The fourth-order valence-corrected chi connectivity index (χ4v) is 2.32. The van der Waals surface area contributed by atoms with Crippen molar-refractivity contribution in [2.75, 3.05) is 0 Å². The Morgan fingerprint density at radius 2 is 1.61 bits per heavy atom. The van der Waals surface area contributed by atoms with Crippen LogP contribution in [0.2, 0.25) is 0 Å². The minimum atomic E-state index is -0.826. The van der Waals surface area contributed by atoms with Crippen LogP contribution in [-0.2, 0) is 20.8 Å². The van der Waals surface area contributed by atoms with Gasteiger partial charge in [0.05, 0.1) is 0 Å². The molecule has 1 atom stereocenters. The molecule has 0 nitrogen and oxygen atoms in total. The van der Waals surface area contributed by atoms with Crippen molar-refractivity contribution in [2.45, 2.75) is 66.2 Å². The Morgan fingerprint density at radius 3 is 2.11 bits per heavy atom. The standard InChI is InChI=1S/C15H26.2ClH.Zr/c1-5-7-9-14-11-15(10-8-6-2)13(4)12(14)3;;;/h11-12H,5-10H2,1-4H3;2*1H;/q;;;+2/p-2. The summed E-state index contributed by atoms with van der Waals surface area (Å²) in [6, 6.07) is 0. The molecule has 1 rings (SSSR count). The predicted octanol–water partition coefficient (Wildman–Crippen LogP) is 6.64. The first-order valence-electron chi connectivity index (χ1n) is 6.98. The van der Waals surface area contributed by atoms with E-state index in [4.69, 9.17) is 17.0 Å². The summed E-state index contributed by atoms with van der Waals surface area (Å²) in [4.78, 5) is 0. The van der Waals surface area contributed by atoms with Gasteiger partial charge in [0.2, 0.25) is 0 Å². The van der Waals surface area contributed by atoms with Crippen LogP contribution in [0.1, 0.15) is 66.2 Å². The number of unbranched alkanes of at least 4 members (excludes halogenated alkanes) is 2. The van der Waals surface area contributed by atoms with Crippen molar-refractivity contribution in [3.63, 3.8) is 0 Å². The van der Waals surface area contributed by atoms with Crippen LogP contribution in [0.5, 0.6) is 0 Å². The third-order valence-corrected chi connectivity index (χ3v) is 3.69. The van der Waals surface area contributed by atoms with Crippen LogP contribution < -0.4 is 0 Å². The zero-order valence-electron chi connectivity index (χ0n) is 12.2. The van der Waals surface area contributed by atoms with Crippen LogP contribution in [0.15, 0.2) is 22.8 Å². The van der Waals surface area contributed by atoms with Crippen molar-refractivity contribution in [3.05, 3.63) is 22.8 Å². The first kappa shape index (κ1) is 18.9. The molecule has 0 saturated heterocycles. The molecule has 0 bridgehead atoms. The summed E-state index contributed by atoms with van der Waals surface area (Å²) in [7, 11) is 9.87. The van der Waals surface area contributed by atoms with E-state index >= 15 is 0 Å². The van der Waals surface area contributed by atoms with Crippen LogP contribution in [0.25, 0.3) is 0 Å². The third-order valence-electron chi connectivity index (χ3n) is 3.69. The summed E-state index contributed by atoms with van der Waals surface area (Å²) in [5, 5.41) is 0. The molecule has 0 aromatic heterocycles. The van der Waals surface area contributed by atoms with Gasteiger partial charge in [-0.3, -0.25) is 0 Å². The fourth-order valence-electron chi connectivity index (χ4n) is 2.32. The van der Waals surface area contributed by atoms with Gasteiger partial charge in [-0.05, 0) is 44.1 Å². The Bertz CT molecular complexity index is 282. The molecule has 0 spiro atoms. The zero-order valence-corrected chi connectivity index (χ0v) is 16.1. The van der Waals surface area contributed by atoms with Crippen molar-refractivity contribution in [1.82, 2.24) is 0 Å². The fraction of sp³-hybridized carbons (Fsp3) is 0.733. The molecule has 1 unspecified atom stereocenters. The molecule has 1 aliphatic rings. The second-order valence-corrected chi connectivity index (χ2v) is 8.66. The van der Waals surface area contributed by atoms with E-state index in [2.05, 4.69) is 33.8 Å². The second kappa shape index (κ2) is 11.7. The Balaban J connectivity index is 0.000000873. The van der Waals surface area contributed by atoms with Crippen LogP contribution in [-0.4, -0.2) is 0 Å². The summed E-state index contributed by atoms with van der Waals surface area (Å²) in [5.41, 5.74) is 4.95. The van der Waals surface area contributed by atoms with Gasteiger partial charge < -0.3 is 0 Å². The molecule has 1 aliphatic carbocycles. The summed E-state index contributed by atoms with van der Waals surface area (Å²) in [6.07, 6.45) is 10.4. The van der Waals surface area contributed by atoms with Crippen LogP contribution >= 0.6 is 17.0 Å². The average molecular weight is 369 g/mol. The maximum absolute atomic E-state index is 4.93. The van der Waals surface area contributed by atoms with Gasteiger partial charge in [0.15, 0.2) is 0 Å². The molecular weight excluding hydrogens is 342 g/mol. The SMILES string of the molecule is CCCCC1=CC(CCCC)=C(C)C1C.[Cl][Zr][Cl]. The number of hydrogen-bond donors (Lipinski definition) is 0. The number of rotatable bonds is 6. The molecule has 104 valence electrons. The van der Waals surface area contributed by atoms with Crippen LogP contribution in [0.4, 0.5) is 0 Å². The molecule has 0 aromatic rings. The van der Waals surface area contributed by atoms with Crippen molar-refractivity contribution in [2.24, 2.45) is 5.92 Å². The molecule has 0 aromatic carbocycles. The minimum absolute atomic E-state index is 0.725. The first-order chi connectivity index (χ1) is 8.62. The van der Waals surface area contributed by atoms with Crippen molar-refractivity contribution >= 4 is 17.0 Å². The number of halogens is 2. The van der Waals surface area contributed by atoms with Gasteiger partial charge in [-0.2, -0.15) is 0 Å². The molecule has 0 saturated carbocycles. The Kier molecular flexibility index (Phi) is 12.4.